The standard InChI is InChI=1S/C32H54O4/c1-8-22-27-18-21(33)14-16-32(27,7)26-15-17-31(6)24(12-13-25(31)28(26)29(22)34)20(5)10-11-23(19(3)4)30(35)36-9-2/h19-28,33H,8-18H2,1-7H3/t20-,21?,22?,23?,24-,25+,26+,27?,28+,31-,32-/m1/s1. The monoisotopic (exact) mass is 502 g/mol. The van der Waals surface area contributed by atoms with Gasteiger partial charge < -0.3 is 9.84 Å². The minimum absolute atomic E-state index is 0.0167. The van der Waals surface area contributed by atoms with Gasteiger partial charge in [0.25, 0.3) is 0 Å². The van der Waals surface area contributed by atoms with Crippen LogP contribution in [0.2, 0.25) is 0 Å². The average Bonchev–Trinajstić information content (AvgIpc) is 3.17. The molecule has 4 aliphatic carbocycles. The number of aliphatic hydroxyl groups excluding tert-OH is 1. The molecule has 0 radical (unpaired) electrons. The topological polar surface area (TPSA) is 63.6 Å². The van der Waals surface area contributed by atoms with Crippen LogP contribution in [-0.4, -0.2) is 29.6 Å². The van der Waals surface area contributed by atoms with E-state index in [1.165, 1.54) is 25.7 Å². The van der Waals surface area contributed by atoms with Crippen molar-refractivity contribution in [2.45, 2.75) is 119 Å². The Kier molecular flexibility index (Phi) is 8.35. The van der Waals surface area contributed by atoms with E-state index in [0.29, 0.717) is 47.9 Å². The number of hydrogen-bond acceptors (Lipinski definition) is 4. The van der Waals surface area contributed by atoms with Gasteiger partial charge in [0.1, 0.15) is 5.78 Å². The molecule has 0 saturated heterocycles. The predicted octanol–water partition coefficient (Wildman–Crippen LogP) is 7.07. The predicted molar refractivity (Wildman–Crippen MR) is 144 cm³/mol. The number of ether oxygens (including phenoxy) is 1. The average molecular weight is 503 g/mol. The van der Waals surface area contributed by atoms with Crippen molar-refractivity contribution in [3.8, 4) is 0 Å². The smallest absolute Gasteiger partial charge is 0.309 e. The minimum atomic E-state index is -0.226. The van der Waals surface area contributed by atoms with Gasteiger partial charge in [-0.15, -0.1) is 0 Å². The quantitative estimate of drug-likeness (QED) is 0.360. The normalized spacial score (nSPS) is 43.9. The minimum Gasteiger partial charge on any atom is -0.466 e. The third-order valence-corrected chi connectivity index (χ3v) is 12.2. The second kappa shape index (κ2) is 10.7. The summed E-state index contributed by atoms with van der Waals surface area (Å²) in [5.41, 5.74) is 0.427. The van der Waals surface area contributed by atoms with E-state index in [9.17, 15) is 14.7 Å². The molecule has 0 aromatic rings. The number of rotatable bonds is 8. The first-order valence-corrected chi connectivity index (χ1v) is 15.4. The van der Waals surface area contributed by atoms with Crippen LogP contribution in [0.5, 0.6) is 0 Å². The Bertz CT molecular complexity index is 806. The molecule has 0 bridgehead atoms. The van der Waals surface area contributed by atoms with Crippen molar-refractivity contribution in [2.75, 3.05) is 6.61 Å². The lowest BCUT2D eigenvalue weighted by atomic mass is 9.42. The lowest BCUT2D eigenvalue weighted by molar-refractivity contribution is -0.173. The highest BCUT2D eigenvalue weighted by atomic mass is 16.5. The van der Waals surface area contributed by atoms with E-state index in [-0.39, 0.29) is 40.7 Å². The van der Waals surface area contributed by atoms with Crippen molar-refractivity contribution >= 4 is 11.8 Å². The molecule has 1 N–H and O–H groups in total. The molecular formula is C32H54O4. The molecule has 4 aliphatic rings. The third-order valence-electron chi connectivity index (χ3n) is 12.2. The number of Topliss-reactive ketones (excluding diaryl/α,β-unsaturated/α-hetero) is 1. The van der Waals surface area contributed by atoms with E-state index >= 15 is 0 Å². The van der Waals surface area contributed by atoms with E-state index in [2.05, 4.69) is 41.5 Å². The molecule has 36 heavy (non-hydrogen) atoms. The first-order chi connectivity index (χ1) is 17.0. The molecule has 4 unspecified atom stereocenters. The highest BCUT2D eigenvalue weighted by molar-refractivity contribution is 5.86. The molecule has 0 heterocycles. The molecule has 206 valence electrons. The van der Waals surface area contributed by atoms with Gasteiger partial charge in [0.2, 0.25) is 0 Å². The summed E-state index contributed by atoms with van der Waals surface area (Å²) in [6, 6.07) is 0. The summed E-state index contributed by atoms with van der Waals surface area (Å²) in [5, 5.41) is 10.5. The molecule has 4 saturated carbocycles. The Hall–Kier alpha value is -0.900. The molecular weight excluding hydrogens is 448 g/mol. The lowest BCUT2D eigenvalue weighted by Gasteiger charge is -2.62. The van der Waals surface area contributed by atoms with Crippen molar-refractivity contribution in [1.29, 1.82) is 0 Å². The van der Waals surface area contributed by atoms with Gasteiger partial charge in [-0.2, -0.15) is 0 Å². The van der Waals surface area contributed by atoms with E-state index in [0.717, 1.165) is 38.5 Å². The van der Waals surface area contributed by atoms with Crippen molar-refractivity contribution in [3.63, 3.8) is 0 Å². The van der Waals surface area contributed by atoms with Gasteiger partial charge in [0.05, 0.1) is 18.6 Å². The zero-order valence-corrected chi connectivity index (χ0v) is 24.2. The van der Waals surface area contributed by atoms with Crippen LogP contribution >= 0.6 is 0 Å². The number of fused-ring (bicyclic) bond motifs is 5. The lowest BCUT2D eigenvalue weighted by Crippen LogP contribution is -2.60. The number of ketones is 1. The fraction of sp³-hybridized carbons (Fsp3) is 0.938. The summed E-state index contributed by atoms with van der Waals surface area (Å²) < 4.78 is 5.39. The molecule has 4 nitrogen and oxygen atoms in total. The Morgan fingerprint density at radius 2 is 1.64 bits per heavy atom. The van der Waals surface area contributed by atoms with E-state index in [1.807, 2.05) is 6.92 Å². The number of carbonyl (C=O) groups is 2. The van der Waals surface area contributed by atoms with Gasteiger partial charge >= 0.3 is 5.97 Å². The molecule has 0 aromatic heterocycles. The van der Waals surface area contributed by atoms with Crippen molar-refractivity contribution in [2.24, 2.45) is 64.1 Å². The SMILES string of the molecule is CCOC(=O)C(CC[C@@H](C)[C@H]1CC[C@H]2[C@@H]3C(=O)C(CC)C4CC(O)CC[C@]4(C)[C@H]3CC[C@]12C)C(C)C. The maximum Gasteiger partial charge on any atom is 0.309 e. The third kappa shape index (κ3) is 4.60. The summed E-state index contributed by atoms with van der Waals surface area (Å²) in [4.78, 5) is 26.7. The number of aliphatic hydroxyl groups is 1. The molecule has 0 aliphatic heterocycles. The molecule has 0 amide bonds. The van der Waals surface area contributed by atoms with Crippen LogP contribution in [0.15, 0.2) is 0 Å². The first kappa shape index (κ1) is 28.1. The van der Waals surface area contributed by atoms with Gasteiger partial charge in [-0.1, -0.05) is 41.5 Å². The Labute approximate surface area is 220 Å². The molecule has 4 rings (SSSR count). The fourth-order valence-corrected chi connectivity index (χ4v) is 10.2. The summed E-state index contributed by atoms with van der Waals surface area (Å²) >= 11 is 0. The maximum atomic E-state index is 14.1. The van der Waals surface area contributed by atoms with Gasteiger partial charge in [-0.25, -0.2) is 0 Å². The fourth-order valence-electron chi connectivity index (χ4n) is 10.2. The van der Waals surface area contributed by atoms with E-state index < -0.39 is 0 Å². The summed E-state index contributed by atoms with van der Waals surface area (Å²) in [7, 11) is 0. The van der Waals surface area contributed by atoms with Crippen LogP contribution in [0.1, 0.15) is 113 Å². The van der Waals surface area contributed by atoms with E-state index in [4.69, 9.17) is 4.74 Å². The Balaban J connectivity index is 1.52. The van der Waals surface area contributed by atoms with Crippen LogP contribution < -0.4 is 0 Å². The van der Waals surface area contributed by atoms with Crippen LogP contribution in [0, 0.1) is 64.1 Å². The number of esters is 1. The van der Waals surface area contributed by atoms with Gasteiger partial charge in [0, 0.05) is 11.8 Å². The largest absolute Gasteiger partial charge is 0.466 e. The summed E-state index contributed by atoms with van der Waals surface area (Å²) in [5.74, 6) is 3.67. The molecule has 11 atom stereocenters. The highest BCUT2D eigenvalue weighted by Gasteiger charge is 2.65. The van der Waals surface area contributed by atoms with Gasteiger partial charge in [0.15, 0.2) is 0 Å². The van der Waals surface area contributed by atoms with Crippen molar-refractivity contribution in [3.05, 3.63) is 0 Å². The van der Waals surface area contributed by atoms with Crippen LogP contribution in [0.25, 0.3) is 0 Å². The zero-order chi connectivity index (χ0) is 26.4. The first-order valence-electron chi connectivity index (χ1n) is 15.4. The van der Waals surface area contributed by atoms with Gasteiger partial charge in [-0.3, -0.25) is 9.59 Å². The van der Waals surface area contributed by atoms with Crippen molar-refractivity contribution in [1.82, 2.24) is 0 Å². The number of hydrogen-bond donors (Lipinski definition) is 1. The molecule has 4 heteroatoms. The Morgan fingerprint density at radius 1 is 0.972 bits per heavy atom. The molecule has 0 aromatic carbocycles. The second-order valence-electron chi connectivity index (χ2n) is 14.1. The summed E-state index contributed by atoms with van der Waals surface area (Å²) in [6.07, 6.45) is 10.3. The van der Waals surface area contributed by atoms with E-state index in [1.54, 1.807) is 0 Å². The zero-order valence-electron chi connectivity index (χ0n) is 24.2. The van der Waals surface area contributed by atoms with Crippen LogP contribution in [0.4, 0.5) is 0 Å². The molecule has 0 spiro atoms. The second-order valence-corrected chi connectivity index (χ2v) is 14.1. The number of carbonyl (C=O) groups excluding carboxylic acids is 2. The van der Waals surface area contributed by atoms with Crippen LogP contribution in [0.3, 0.4) is 0 Å². The maximum absolute atomic E-state index is 14.1. The van der Waals surface area contributed by atoms with Gasteiger partial charge in [-0.05, 0) is 117 Å². The highest BCUT2D eigenvalue weighted by Crippen LogP contribution is 2.68. The molecule has 4 fully saturated rings. The van der Waals surface area contributed by atoms with Crippen molar-refractivity contribution < 1.29 is 19.4 Å². The Morgan fingerprint density at radius 3 is 2.28 bits per heavy atom. The van der Waals surface area contributed by atoms with Crippen LogP contribution in [-0.2, 0) is 14.3 Å². The summed E-state index contributed by atoms with van der Waals surface area (Å²) in [6.45, 7) is 16.2.